The number of nitrogen functional groups attached to an aromatic ring is 1. The average molecular weight is 296 g/mol. The summed E-state index contributed by atoms with van der Waals surface area (Å²) in [5, 5.41) is 3.83. The van der Waals surface area contributed by atoms with Crippen LogP contribution in [0.5, 0.6) is 0 Å². The molecule has 1 amide bonds. The zero-order chi connectivity index (χ0) is 14.9. The van der Waals surface area contributed by atoms with E-state index >= 15 is 0 Å². The Labute approximate surface area is 124 Å². The monoisotopic (exact) mass is 296 g/mol. The van der Waals surface area contributed by atoms with Crippen LogP contribution in [-0.2, 0) is 0 Å². The summed E-state index contributed by atoms with van der Waals surface area (Å²) in [6, 6.07) is 0.518. The van der Waals surface area contributed by atoms with Gasteiger partial charge in [-0.1, -0.05) is 6.92 Å². The predicted molar refractivity (Wildman–Crippen MR) is 84.3 cm³/mol. The number of hydrogen-bond donors (Lipinski definition) is 2. The van der Waals surface area contributed by atoms with Gasteiger partial charge in [0.05, 0.1) is 0 Å². The maximum Gasteiger partial charge on any atom is 0.258 e. The number of carbonyl (C=O) groups is 1. The van der Waals surface area contributed by atoms with Gasteiger partial charge < -0.3 is 16.0 Å². The van der Waals surface area contributed by atoms with Gasteiger partial charge in [-0.15, -0.1) is 0 Å². The Morgan fingerprint density at radius 1 is 1.45 bits per heavy atom. The highest BCUT2D eigenvalue weighted by molar-refractivity contribution is 7.11. The second kappa shape index (κ2) is 5.99. The Morgan fingerprint density at radius 3 is 2.80 bits per heavy atom. The SMILES string of the molecule is CC1CCC(C)N(c2snc(N)c2C(=O)NC(C)C)C1. The van der Waals surface area contributed by atoms with E-state index in [0.717, 1.165) is 18.0 Å². The third-order valence-electron chi connectivity index (χ3n) is 3.73. The van der Waals surface area contributed by atoms with Crippen molar-refractivity contribution in [3.63, 3.8) is 0 Å². The zero-order valence-corrected chi connectivity index (χ0v) is 13.5. The maximum absolute atomic E-state index is 12.3. The van der Waals surface area contributed by atoms with Gasteiger partial charge in [0.1, 0.15) is 10.6 Å². The van der Waals surface area contributed by atoms with Gasteiger partial charge in [-0.05, 0) is 51.1 Å². The molecule has 1 aromatic rings. The zero-order valence-electron chi connectivity index (χ0n) is 12.6. The van der Waals surface area contributed by atoms with Crippen molar-refractivity contribution >= 4 is 28.3 Å². The molecular formula is C14H24N4OS. The number of carbonyl (C=O) groups excluding carboxylic acids is 1. The highest BCUT2D eigenvalue weighted by Gasteiger charge is 2.30. The molecule has 0 bridgehead atoms. The van der Waals surface area contributed by atoms with E-state index in [1.54, 1.807) is 0 Å². The number of piperidine rings is 1. The Hall–Kier alpha value is -1.30. The number of amides is 1. The van der Waals surface area contributed by atoms with Crippen LogP contribution in [0.25, 0.3) is 0 Å². The average Bonchev–Trinajstić information content (AvgIpc) is 2.73. The van der Waals surface area contributed by atoms with E-state index in [1.807, 2.05) is 13.8 Å². The normalized spacial score (nSPS) is 23.1. The molecule has 1 aromatic heterocycles. The van der Waals surface area contributed by atoms with Crippen LogP contribution >= 0.6 is 11.5 Å². The van der Waals surface area contributed by atoms with Gasteiger partial charge >= 0.3 is 0 Å². The number of rotatable bonds is 3. The van der Waals surface area contributed by atoms with Crippen molar-refractivity contribution in [2.75, 3.05) is 17.2 Å². The molecule has 5 nitrogen and oxygen atoms in total. The van der Waals surface area contributed by atoms with Gasteiger partial charge in [-0.25, -0.2) is 0 Å². The van der Waals surface area contributed by atoms with Crippen molar-refractivity contribution in [3.8, 4) is 0 Å². The van der Waals surface area contributed by atoms with Gasteiger partial charge in [-0.2, -0.15) is 4.37 Å². The standard InChI is InChI=1S/C14H24N4OS/c1-8(2)16-13(19)11-12(15)17-20-14(11)18-7-9(3)5-6-10(18)4/h8-10H,5-7H2,1-4H3,(H2,15,17)(H,16,19). The third-order valence-corrected chi connectivity index (χ3v) is 4.63. The van der Waals surface area contributed by atoms with Crippen molar-refractivity contribution in [2.45, 2.75) is 52.6 Å². The Morgan fingerprint density at radius 2 is 2.15 bits per heavy atom. The topological polar surface area (TPSA) is 71.2 Å². The van der Waals surface area contributed by atoms with Crippen LogP contribution < -0.4 is 16.0 Å². The fourth-order valence-electron chi connectivity index (χ4n) is 2.61. The molecule has 3 N–H and O–H groups in total. The van der Waals surface area contributed by atoms with Crippen molar-refractivity contribution in [1.29, 1.82) is 0 Å². The molecule has 6 heteroatoms. The van der Waals surface area contributed by atoms with E-state index in [0.29, 0.717) is 23.3 Å². The van der Waals surface area contributed by atoms with Crippen LogP contribution in [0.15, 0.2) is 0 Å². The molecule has 0 aliphatic carbocycles. The first-order valence-electron chi connectivity index (χ1n) is 7.22. The number of nitrogens with two attached hydrogens (primary N) is 1. The highest BCUT2D eigenvalue weighted by atomic mass is 32.1. The van der Waals surface area contributed by atoms with Gasteiger partial charge in [0, 0.05) is 18.6 Å². The molecule has 1 aliphatic heterocycles. The maximum atomic E-state index is 12.3. The molecule has 2 rings (SSSR count). The highest BCUT2D eigenvalue weighted by Crippen LogP contribution is 2.35. The van der Waals surface area contributed by atoms with Gasteiger partial charge in [0.15, 0.2) is 5.82 Å². The summed E-state index contributed by atoms with van der Waals surface area (Å²) in [6.07, 6.45) is 2.38. The van der Waals surface area contributed by atoms with E-state index < -0.39 is 0 Å². The molecule has 2 unspecified atom stereocenters. The van der Waals surface area contributed by atoms with Crippen LogP contribution in [0.4, 0.5) is 10.8 Å². The fourth-order valence-corrected chi connectivity index (χ4v) is 3.53. The first kappa shape index (κ1) is 15.1. The minimum absolute atomic E-state index is 0.0901. The van der Waals surface area contributed by atoms with Gasteiger partial charge in [0.25, 0.3) is 5.91 Å². The summed E-state index contributed by atoms with van der Waals surface area (Å²) in [6.45, 7) is 9.30. The summed E-state index contributed by atoms with van der Waals surface area (Å²) < 4.78 is 4.20. The summed E-state index contributed by atoms with van der Waals surface area (Å²) >= 11 is 1.33. The lowest BCUT2D eigenvalue weighted by Gasteiger charge is -2.37. The Bertz CT molecular complexity index is 486. The Balaban J connectivity index is 2.30. The van der Waals surface area contributed by atoms with Gasteiger partial charge in [-0.3, -0.25) is 4.79 Å². The van der Waals surface area contributed by atoms with Crippen molar-refractivity contribution in [2.24, 2.45) is 5.92 Å². The smallest absolute Gasteiger partial charge is 0.258 e. The minimum atomic E-state index is -0.119. The summed E-state index contributed by atoms with van der Waals surface area (Å²) in [5.74, 6) is 0.857. The summed E-state index contributed by atoms with van der Waals surface area (Å²) in [4.78, 5) is 14.6. The van der Waals surface area contributed by atoms with Crippen LogP contribution in [0, 0.1) is 5.92 Å². The molecule has 20 heavy (non-hydrogen) atoms. The lowest BCUT2D eigenvalue weighted by molar-refractivity contribution is 0.0944. The molecule has 1 fully saturated rings. The fraction of sp³-hybridized carbons (Fsp3) is 0.714. The lowest BCUT2D eigenvalue weighted by atomic mass is 9.95. The van der Waals surface area contributed by atoms with E-state index in [-0.39, 0.29) is 11.9 Å². The van der Waals surface area contributed by atoms with Crippen LogP contribution in [0.1, 0.15) is 50.9 Å². The number of nitrogens with zero attached hydrogens (tertiary/aromatic N) is 2. The van der Waals surface area contributed by atoms with E-state index in [4.69, 9.17) is 5.73 Å². The molecule has 0 saturated carbocycles. The van der Waals surface area contributed by atoms with Gasteiger partial charge in [0.2, 0.25) is 0 Å². The second-order valence-electron chi connectivity index (χ2n) is 6.06. The Kier molecular flexibility index (Phi) is 4.52. The van der Waals surface area contributed by atoms with Crippen LogP contribution in [0.3, 0.4) is 0 Å². The lowest BCUT2D eigenvalue weighted by Crippen LogP contribution is -2.42. The molecule has 1 saturated heterocycles. The molecule has 2 heterocycles. The van der Waals surface area contributed by atoms with E-state index in [9.17, 15) is 4.79 Å². The van der Waals surface area contributed by atoms with Crippen molar-refractivity contribution < 1.29 is 4.79 Å². The molecule has 0 radical (unpaired) electrons. The molecule has 0 spiro atoms. The van der Waals surface area contributed by atoms with Crippen LogP contribution in [0.2, 0.25) is 0 Å². The summed E-state index contributed by atoms with van der Waals surface area (Å²) in [7, 11) is 0. The molecular weight excluding hydrogens is 272 g/mol. The van der Waals surface area contributed by atoms with Crippen molar-refractivity contribution in [1.82, 2.24) is 9.69 Å². The molecule has 112 valence electrons. The number of hydrogen-bond acceptors (Lipinski definition) is 5. The molecule has 0 aromatic carbocycles. The van der Waals surface area contributed by atoms with Crippen LogP contribution in [-0.4, -0.2) is 28.9 Å². The summed E-state index contributed by atoms with van der Waals surface area (Å²) in [5.41, 5.74) is 6.46. The first-order valence-corrected chi connectivity index (χ1v) is 8.00. The minimum Gasteiger partial charge on any atom is -0.382 e. The second-order valence-corrected chi connectivity index (χ2v) is 6.81. The number of aromatic nitrogens is 1. The third kappa shape index (κ3) is 3.06. The largest absolute Gasteiger partial charge is 0.382 e. The molecule has 2 atom stereocenters. The van der Waals surface area contributed by atoms with E-state index in [1.165, 1.54) is 18.0 Å². The van der Waals surface area contributed by atoms with E-state index in [2.05, 4.69) is 28.4 Å². The quantitative estimate of drug-likeness (QED) is 0.899. The predicted octanol–water partition coefficient (Wildman–Crippen LogP) is 2.49. The number of nitrogens with one attached hydrogen (secondary N) is 1. The first-order chi connectivity index (χ1) is 9.40. The number of anilines is 2. The molecule has 1 aliphatic rings. The van der Waals surface area contributed by atoms with Crippen molar-refractivity contribution in [3.05, 3.63) is 5.56 Å².